The molecule has 128 valence electrons. The number of tetrazole rings is 1. The van der Waals surface area contributed by atoms with E-state index < -0.39 is 6.04 Å². The summed E-state index contributed by atoms with van der Waals surface area (Å²) in [5, 5.41) is 14.0. The minimum absolute atomic E-state index is 0.284. The molecule has 0 aliphatic carbocycles. The maximum absolute atomic E-state index is 12.9. The number of hydrogen-bond donors (Lipinski definition) is 1. The average molecular weight is 339 g/mol. The van der Waals surface area contributed by atoms with E-state index in [2.05, 4.69) is 20.8 Å². The van der Waals surface area contributed by atoms with Gasteiger partial charge < -0.3 is 14.8 Å². The molecule has 0 aliphatic rings. The Morgan fingerprint density at radius 1 is 1.08 bits per heavy atom. The lowest BCUT2D eigenvalue weighted by atomic mass is 10.1. The van der Waals surface area contributed by atoms with Gasteiger partial charge in [0, 0.05) is 23.9 Å². The van der Waals surface area contributed by atoms with E-state index in [0.29, 0.717) is 17.2 Å². The number of nitrogens with one attached hydrogen (secondary N) is 1. The van der Waals surface area contributed by atoms with Crippen molar-refractivity contribution < 1.29 is 14.3 Å². The Bertz CT molecular complexity index is 815. The molecule has 0 saturated carbocycles. The maximum Gasteiger partial charge on any atom is 0.253 e. The van der Waals surface area contributed by atoms with Crippen LogP contribution in [-0.4, -0.2) is 40.3 Å². The Labute approximate surface area is 144 Å². The normalized spacial score (nSPS) is 11.6. The second kappa shape index (κ2) is 7.43. The van der Waals surface area contributed by atoms with Gasteiger partial charge in [0.15, 0.2) is 6.04 Å². The van der Waals surface area contributed by atoms with Gasteiger partial charge in [0.25, 0.3) is 5.91 Å². The van der Waals surface area contributed by atoms with Gasteiger partial charge in [-0.05, 0) is 16.0 Å². The highest BCUT2D eigenvalue weighted by Crippen LogP contribution is 2.27. The summed E-state index contributed by atoms with van der Waals surface area (Å²) >= 11 is 0. The van der Waals surface area contributed by atoms with Gasteiger partial charge in [0.05, 0.1) is 14.2 Å². The van der Waals surface area contributed by atoms with E-state index in [1.807, 2.05) is 30.3 Å². The first-order valence-corrected chi connectivity index (χ1v) is 7.52. The molecule has 8 nitrogen and oxygen atoms in total. The molecule has 0 bridgehead atoms. The number of hydrogen-bond acceptors (Lipinski definition) is 6. The van der Waals surface area contributed by atoms with Gasteiger partial charge in [-0.2, -0.15) is 0 Å². The zero-order chi connectivity index (χ0) is 17.6. The van der Waals surface area contributed by atoms with E-state index in [-0.39, 0.29) is 5.91 Å². The van der Waals surface area contributed by atoms with E-state index in [1.165, 1.54) is 11.0 Å². The predicted molar refractivity (Wildman–Crippen MR) is 90.6 cm³/mol. The smallest absolute Gasteiger partial charge is 0.253 e. The highest BCUT2D eigenvalue weighted by molar-refractivity contribution is 5.96. The second-order valence-electron chi connectivity index (χ2n) is 5.19. The highest BCUT2D eigenvalue weighted by atomic mass is 16.5. The molecule has 1 aromatic heterocycles. The third-order valence-corrected chi connectivity index (χ3v) is 3.61. The Kier molecular flexibility index (Phi) is 4.89. The van der Waals surface area contributed by atoms with Gasteiger partial charge in [-0.1, -0.05) is 30.3 Å². The standard InChI is InChI=1S/C17H17N5O3/c1-24-14-8-13(9-15(10-14)25-2)19-17(23)16(22-11-18-20-21-22)12-6-4-3-5-7-12/h3-11,16H,1-2H3,(H,19,23)/t16-/m1/s1. The number of methoxy groups -OCH3 is 2. The van der Waals surface area contributed by atoms with Crippen LogP contribution in [0.25, 0.3) is 0 Å². The highest BCUT2D eigenvalue weighted by Gasteiger charge is 2.24. The van der Waals surface area contributed by atoms with Gasteiger partial charge in [-0.3, -0.25) is 4.79 Å². The average Bonchev–Trinajstić information content (AvgIpc) is 3.16. The zero-order valence-electron chi connectivity index (χ0n) is 13.8. The summed E-state index contributed by atoms with van der Waals surface area (Å²) in [7, 11) is 3.10. The zero-order valence-corrected chi connectivity index (χ0v) is 13.8. The van der Waals surface area contributed by atoms with Crippen LogP contribution in [0.15, 0.2) is 54.9 Å². The molecule has 2 aromatic carbocycles. The SMILES string of the molecule is COc1cc(NC(=O)[C@@H](c2ccccc2)n2cnnn2)cc(OC)c1. The van der Waals surface area contributed by atoms with Crippen molar-refractivity contribution >= 4 is 11.6 Å². The molecule has 0 spiro atoms. The quantitative estimate of drug-likeness (QED) is 0.738. The largest absolute Gasteiger partial charge is 0.497 e. The van der Waals surface area contributed by atoms with E-state index in [1.54, 1.807) is 32.4 Å². The molecule has 1 N–H and O–H groups in total. The summed E-state index contributed by atoms with van der Waals surface area (Å²) in [5.41, 5.74) is 1.32. The number of amides is 1. The number of aromatic nitrogens is 4. The molecule has 1 amide bonds. The number of benzene rings is 2. The summed E-state index contributed by atoms with van der Waals surface area (Å²) in [5.74, 6) is 0.871. The fourth-order valence-corrected chi connectivity index (χ4v) is 2.44. The van der Waals surface area contributed by atoms with Crippen molar-refractivity contribution in [1.29, 1.82) is 0 Å². The van der Waals surface area contributed by atoms with Gasteiger partial charge in [0.1, 0.15) is 17.8 Å². The van der Waals surface area contributed by atoms with E-state index in [9.17, 15) is 4.79 Å². The van der Waals surface area contributed by atoms with Crippen LogP contribution in [0.3, 0.4) is 0 Å². The first kappa shape index (κ1) is 16.4. The van der Waals surface area contributed by atoms with Crippen molar-refractivity contribution in [3.05, 3.63) is 60.4 Å². The van der Waals surface area contributed by atoms with Crippen LogP contribution < -0.4 is 14.8 Å². The van der Waals surface area contributed by atoms with Crippen LogP contribution in [0.5, 0.6) is 11.5 Å². The molecule has 0 fully saturated rings. The van der Waals surface area contributed by atoms with Crippen molar-refractivity contribution in [3.8, 4) is 11.5 Å². The minimum atomic E-state index is -0.701. The third-order valence-electron chi connectivity index (χ3n) is 3.61. The summed E-state index contributed by atoms with van der Waals surface area (Å²) in [4.78, 5) is 12.9. The van der Waals surface area contributed by atoms with Crippen LogP contribution >= 0.6 is 0 Å². The summed E-state index contributed by atoms with van der Waals surface area (Å²) < 4.78 is 11.9. The van der Waals surface area contributed by atoms with E-state index in [4.69, 9.17) is 9.47 Å². The molecule has 0 aliphatic heterocycles. The number of ether oxygens (including phenoxy) is 2. The van der Waals surface area contributed by atoms with Crippen molar-refractivity contribution in [2.24, 2.45) is 0 Å². The van der Waals surface area contributed by atoms with Crippen molar-refractivity contribution in [2.45, 2.75) is 6.04 Å². The lowest BCUT2D eigenvalue weighted by Crippen LogP contribution is -2.27. The summed E-state index contributed by atoms with van der Waals surface area (Å²) in [6.07, 6.45) is 1.41. The fraction of sp³-hybridized carbons (Fsp3) is 0.176. The van der Waals surface area contributed by atoms with Gasteiger partial charge in [-0.25, -0.2) is 4.68 Å². The second-order valence-corrected chi connectivity index (χ2v) is 5.19. The molecular weight excluding hydrogens is 322 g/mol. The lowest BCUT2D eigenvalue weighted by Gasteiger charge is -2.17. The Hall–Kier alpha value is -3.42. The van der Waals surface area contributed by atoms with Crippen molar-refractivity contribution in [2.75, 3.05) is 19.5 Å². The molecule has 3 aromatic rings. The topological polar surface area (TPSA) is 91.2 Å². The number of carbonyl (C=O) groups excluding carboxylic acids is 1. The van der Waals surface area contributed by atoms with Gasteiger partial charge >= 0.3 is 0 Å². The van der Waals surface area contributed by atoms with Crippen LogP contribution in [-0.2, 0) is 4.79 Å². The number of anilines is 1. The number of carbonyl (C=O) groups is 1. The van der Waals surface area contributed by atoms with E-state index in [0.717, 1.165) is 5.56 Å². The fourth-order valence-electron chi connectivity index (χ4n) is 2.44. The van der Waals surface area contributed by atoms with Crippen LogP contribution in [0.2, 0.25) is 0 Å². The Balaban J connectivity index is 1.91. The Morgan fingerprint density at radius 2 is 1.76 bits per heavy atom. The minimum Gasteiger partial charge on any atom is -0.497 e. The molecule has 3 rings (SSSR count). The maximum atomic E-state index is 12.9. The van der Waals surface area contributed by atoms with Crippen LogP contribution in [0, 0.1) is 0 Å². The van der Waals surface area contributed by atoms with Gasteiger partial charge in [0.2, 0.25) is 0 Å². The molecule has 1 atom stereocenters. The number of nitrogens with zero attached hydrogens (tertiary/aromatic N) is 4. The van der Waals surface area contributed by atoms with Crippen molar-refractivity contribution in [1.82, 2.24) is 20.2 Å². The van der Waals surface area contributed by atoms with Crippen LogP contribution in [0.1, 0.15) is 11.6 Å². The molecule has 0 unspecified atom stereocenters. The molecular formula is C17H17N5O3. The predicted octanol–water partition coefficient (Wildman–Crippen LogP) is 1.92. The monoisotopic (exact) mass is 339 g/mol. The van der Waals surface area contributed by atoms with Crippen LogP contribution in [0.4, 0.5) is 5.69 Å². The van der Waals surface area contributed by atoms with Crippen molar-refractivity contribution in [3.63, 3.8) is 0 Å². The first-order chi connectivity index (χ1) is 12.2. The van der Waals surface area contributed by atoms with Gasteiger partial charge in [-0.15, -0.1) is 5.10 Å². The first-order valence-electron chi connectivity index (χ1n) is 7.52. The summed E-state index contributed by atoms with van der Waals surface area (Å²) in [6.45, 7) is 0. The molecule has 25 heavy (non-hydrogen) atoms. The Morgan fingerprint density at radius 3 is 2.32 bits per heavy atom. The summed E-state index contributed by atoms with van der Waals surface area (Å²) in [6, 6.07) is 13.7. The number of rotatable bonds is 6. The third kappa shape index (κ3) is 3.74. The van der Waals surface area contributed by atoms with E-state index >= 15 is 0 Å². The molecule has 0 saturated heterocycles. The molecule has 8 heteroatoms. The lowest BCUT2D eigenvalue weighted by molar-refractivity contribution is -0.118. The molecule has 1 heterocycles. The molecule has 0 radical (unpaired) electrons.